The minimum atomic E-state index is -0.169. The number of hydrogen-bond acceptors (Lipinski definition) is 2. The molecule has 2 rings (SSSR count). The normalized spacial score (nSPS) is 15.7. The summed E-state index contributed by atoms with van der Waals surface area (Å²) in [6.45, 7) is 1.78. The molecule has 0 aliphatic heterocycles. The lowest BCUT2D eigenvalue weighted by Gasteiger charge is -2.16. The van der Waals surface area contributed by atoms with Crippen LogP contribution in [0.2, 0.25) is 0 Å². The maximum absolute atomic E-state index is 12.4. The Morgan fingerprint density at radius 2 is 1.95 bits per heavy atom. The first-order chi connectivity index (χ1) is 10.2. The number of amides is 1. The lowest BCUT2D eigenvalue weighted by atomic mass is 10.0. The van der Waals surface area contributed by atoms with Gasteiger partial charge in [-0.3, -0.25) is 4.79 Å². The topological polar surface area (TPSA) is 49.3 Å². The number of rotatable bonds is 2. The molecule has 1 aromatic carbocycles. The molecular weight excluding hydrogens is 262 g/mol. The van der Waals surface area contributed by atoms with E-state index in [1.165, 1.54) is 25.7 Å². The van der Waals surface area contributed by atoms with Gasteiger partial charge in [0.05, 0.1) is 0 Å². The third-order valence-electron chi connectivity index (χ3n) is 3.84. The minimum Gasteiger partial charge on any atom is -0.384 e. The van der Waals surface area contributed by atoms with Crippen LogP contribution in [0, 0.1) is 18.8 Å². The van der Waals surface area contributed by atoms with Gasteiger partial charge in [0.1, 0.15) is 6.61 Å². The quantitative estimate of drug-likeness (QED) is 0.648. The van der Waals surface area contributed by atoms with Crippen molar-refractivity contribution < 1.29 is 9.90 Å². The van der Waals surface area contributed by atoms with Crippen LogP contribution in [-0.4, -0.2) is 23.7 Å². The van der Waals surface area contributed by atoms with E-state index >= 15 is 0 Å². The number of carbonyl (C=O) groups excluding carboxylic acids is 1. The van der Waals surface area contributed by atoms with Gasteiger partial charge in [0, 0.05) is 17.2 Å². The van der Waals surface area contributed by atoms with E-state index in [0.717, 1.165) is 24.0 Å². The zero-order valence-corrected chi connectivity index (χ0v) is 12.6. The van der Waals surface area contributed by atoms with Gasteiger partial charge < -0.3 is 10.4 Å². The zero-order valence-electron chi connectivity index (χ0n) is 12.6. The monoisotopic (exact) mass is 285 g/mol. The third-order valence-corrected chi connectivity index (χ3v) is 3.84. The molecule has 1 fully saturated rings. The van der Waals surface area contributed by atoms with Crippen molar-refractivity contribution in [2.24, 2.45) is 0 Å². The molecule has 1 amide bonds. The summed E-state index contributed by atoms with van der Waals surface area (Å²) < 4.78 is 0. The van der Waals surface area contributed by atoms with Crippen LogP contribution in [0.25, 0.3) is 0 Å². The molecule has 0 atom stereocenters. The number of benzene rings is 1. The number of aryl methyl sites for hydroxylation is 1. The minimum absolute atomic E-state index is 0.0161. The van der Waals surface area contributed by atoms with Crippen LogP contribution in [0.5, 0.6) is 0 Å². The van der Waals surface area contributed by atoms with Gasteiger partial charge in [-0.1, -0.05) is 37.5 Å². The van der Waals surface area contributed by atoms with E-state index in [4.69, 9.17) is 5.11 Å². The second kappa shape index (κ2) is 7.85. The lowest BCUT2D eigenvalue weighted by molar-refractivity contribution is 0.0933. The van der Waals surface area contributed by atoms with E-state index in [2.05, 4.69) is 17.2 Å². The molecule has 1 saturated carbocycles. The maximum atomic E-state index is 12.4. The van der Waals surface area contributed by atoms with Crippen molar-refractivity contribution in [2.75, 3.05) is 6.61 Å². The van der Waals surface area contributed by atoms with E-state index in [1.54, 1.807) is 6.07 Å². The summed E-state index contributed by atoms with van der Waals surface area (Å²) in [7, 11) is 0. The van der Waals surface area contributed by atoms with Gasteiger partial charge >= 0.3 is 0 Å². The van der Waals surface area contributed by atoms with Gasteiger partial charge in [0.2, 0.25) is 0 Å². The fourth-order valence-corrected chi connectivity index (χ4v) is 2.82. The molecule has 1 aliphatic rings. The lowest BCUT2D eigenvalue weighted by Crippen LogP contribution is -2.34. The molecule has 0 unspecified atom stereocenters. The van der Waals surface area contributed by atoms with E-state index in [0.29, 0.717) is 11.6 Å². The van der Waals surface area contributed by atoms with Gasteiger partial charge in [-0.05, 0) is 43.5 Å². The SMILES string of the molecule is Cc1cc(C#CCO)cc(C(=O)NC2CCCCCC2)c1. The van der Waals surface area contributed by atoms with Crippen molar-refractivity contribution >= 4 is 5.91 Å². The summed E-state index contributed by atoms with van der Waals surface area (Å²) in [5.41, 5.74) is 2.43. The number of aliphatic hydroxyl groups excluding tert-OH is 1. The van der Waals surface area contributed by atoms with Crippen molar-refractivity contribution in [1.29, 1.82) is 0 Å². The molecule has 1 aliphatic carbocycles. The first-order valence-electron chi connectivity index (χ1n) is 7.71. The maximum Gasteiger partial charge on any atom is 0.251 e. The standard InChI is InChI=1S/C18H23NO2/c1-14-11-15(7-6-10-20)13-16(12-14)18(21)19-17-8-4-2-3-5-9-17/h11-13,17,20H,2-5,8-10H2,1H3,(H,19,21). The molecule has 3 nitrogen and oxygen atoms in total. The molecular formula is C18H23NO2. The number of hydrogen-bond donors (Lipinski definition) is 2. The molecule has 0 radical (unpaired) electrons. The van der Waals surface area contributed by atoms with E-state index in [9.17, 15) is 4.79 Å². The van der Waals surface area contributed by atoms with Crippen molar-refractivity contribution in [1.82, 2.24) is 5.32 Å². The van der Waals surface area contributed by atoms with Gasteiger partial charge in [-0.15, -0.1) is 0 Å². The summed E-state index contributed by atoms with van der Waals surface area (Å²) in [4.78, 5) is 12.4. The van der Waals surface area contributed by atoms with Crippen LogP contribution in [0.4, 0.5) is 0 Å². The van der Waals surface area contributed by atoms with E-state index in [-0.39, 0.29) is 12.5 Å². The predicted octanol–water partition coefficient (Wildman–Crippen LogP) is 2.79. The molecule has 0 heterocycles. The Balaban J connectivity index is 2.09. The number of aliphatic hydroxyl groups is 1. The summed E-state index contributed by atoms with van der Waals surface area (Å²) in [6, 6.07) is 5.90. The van der Waals surface area contributed by atoms with Gasteiger partial charge in [-0.2, -0.15) is 0 Å². The van der Waals surface area contributed by atoms with Gasteiger partial charge in [0.15, 0.2) is 0 Å². The molecule has 21 heavy (non-hydrogen) atoms. The van der Waals surface area contributed by atoms with Crippen LogP contribution < -0.4 is 5.32 Å². The molecule has 112 valence electrons. The predicted molar refractivity (Wildman–Crippen MR) is 84.1 cm³/mol. The second-order valence-corrected chi connectivity index (χ2v) is 5.71. The highest BCUT2D eigenvalue weighted by Crippen LogP contribution is 2.18. The van der Waals surface area contributed by atoms with Crippen LogP contribution in [0.3, 0.4) is 0 Å². The molecule has 1 aromatic rings. The fourth-order valence-electron chi connectivity index (χ4n) is 2.82. The highest BCUT2D eigenvalue weighted by Gasteiger charge is 2.16. The Labute approximate surface area is 126 Å². The molecule has 0 saturated heterocycles. The van der Waals surface area contributed by atoms with Gasteiger partial charge in [-0.25, -0.2) is 0 Å². The average Bonchev–Trinajstić information content (AvgIpc) is 2.73. The van der Waals surface area contributed by atoms with Gasteiger partial charge in [0.25, 0.3) is 5.91 Å². The zero-order chi connectivity index (χ0) is 15.1. The summed E-state index contributed by atoms with van der Waals surface area (Å²) in [6.07, 6.45) is 7.11. The third kappa shape index (κ3) is 4.91. The number of nitrogens with one attached hydrogen (secondary N) is 1. The van der Waals surface area contributed by atoms with Crippen molar-refractivity contribution in [2.45, 2.75) is 51.5 Å². The molecule has 3 heteroatoms. The van der Waals surface area contributed by atoms with E-state index in [1.807, 2.05) is 19.1 Å². The van der Waals surface area contributed by atoms with Crippen molar-refractivity contribution in [3.8, 4) is 11.8 Å². The molecule has 0 spiro atoms. The fraction of sp³-hybridized carbons (Fsp3) is 0.500. The van der Waals surface area contributed by atoms with Crippen LogP contribution in [0.15, 0.2) is 18.2 Å². The Bertz CT molecular complexity index is 546. The summed E-state index contributed by atoms with van der Waals surface area (Å²) >= 11 is 0. The van der Waals surface area contributed by atoms with Crippen LogP contribution in [-0.2, 0) is 0 Å². The Morgan fingerprint density at radius 3 is 2.62 bits per heavy atom. The largest absolute Gasteiger partial charge is 0.384 e. The highest BCUT2D eigenvalue weighted by atomic mass is 16.2. The Kier molecular flexibility index (Phi) is 5.83. The first-order valence-corrected chi connectivity index (χ1v) is 7.71. The molecule has 0 bridgehead atoms. The van der Waals surface area contributed by atoms with E-state index < -0.39 is 0 Å². The first kappa shape index (κ1) is 15.6. The van der Waals surface area contributed by atoms with Crippen molar-refractivity contribution in [3.63, 3.8) is 0 Å². The van der Waals surface area contributed by atoms with Crippen LogP contribution >= 0.6 is 0 Å². The molecule has 0 aromatic heterocycles. The Hall–Kier alpha value is -1.79. The van der Waals surface area contributed by atoms with Crippen molar-refractivity contribution in [3.05, 3.63) is 34.9 Å². The second-order valence-electron chi connectivity index (χ2n) is 5.71. The average molecular weight is 285 g/mol. The molecule has 2 N–H and O–H groups in total. The Morgan fingerprint density at radius 1 is 1.24 bits per heavy atom. The van der Waals surface area contributed by atoms with Crippen LogP contribution in [0.1, 0.15) is 60.0 Å². The summed E-state index contributed by atoms with van der Waals surface area (Å²) in [5, 5.41) is 11.9. The number of carbonyl (C=O) groups is 1. The summed E-state index contributed by atoms with van der Waals surface area (Å²) in [5.74, 6) is 5.47. The highest BCUT2D eigenvalue weighted by molar-refractivity contribution is 5.95. The smallest absolute Gasteiger partial charge is 0.251 e.